The summed E-state index contributed by atoms with van der Waals surface area (Å²) in [7, 11) is 0. The summed E-state index contributed by atoms with van der Waals surface area (Å²) in [4.78, 5) is 0. The van der Waals surface area contributed by atoms with Crippen LogP contribution in [0.4, 0.5) is 0 Å². The van der Waals surface area contributed by atoms with Gasteiger partial charge in [-0.15, -0.1) is 0 Å². The van der Waals surface area contributed by atoms with Crippen LogP contribution in [0.1, 0.15) is 11.1 Å². The van der Waals surface area contributed by atoms with Crippen molar-refractivity contribution in [2.45, 2.75) is 0 Å². The molecule has 0 unspecified atom stereocenters. The van der Waals surface area contributed by atoms with Crippen LogP contribution in [-0.4, -0.2) is 0 Å². The van der Waals surface area contributed by atoms with Gasteiger partial charge in [0.1, 0.15) is 0 Å². The van der Waals surface area contributed by atoms with E-state index in [0.29, 0.717) is 0 Å². The summed E-state index contributed by atoms with van der Waals surface area (Å²) >= 11 is 0. The van der Waals surface area contributed by atoms with Gasteiger partial charge in [-0.2, -0.15) is 0 Å². The molecular weight excluding hydrogens is 288 g/mol. The predicted molar refractivity (Wildman–Crippen MR) is 98.6 cm³/mol. The average molecular weight is 302 g/mol. The first-order chi connectivity index (χ1) is 11.9. The first-order valence-corrected chi connectivity index (χ1v) is 8.37. The van der Waals surface area contributed by atoms with Crippen molar-refractivity contribution < 1.29 is 0 Å². The summed E-state index contributed by atoms with van der Waals surface area (Å²) in [5.41, 5.74) is 2.66. The van der Waals surface area contributed by atoms with Crippen molar-refractivity contribution in [3.8, 4) is 0 Å². The Morgan fingerprint density at radius 3 is 2.08 bits per heavy atom. The summed E-state index contributed by atoms with van der Waals surface area (Å²) in [6.07, 6.45) is 4.61. The molecule has 0 fully saturated rings. The molecular formula is C24H14. The van der Waals surface area contributed by atoms with E-state index in [0.717, 1.165) is 0 Å². The van der Waals surface area contributed by atoms with E-state index in [1.807, 2.05) is 0 Å². The van der Waals surface area contributed by atoms with Crippen LogP contribution in [0, 0.1) is 20.9 Å². The molecule has 0 amide bonds. The average Bonchev–Trinajstić information content (AvgIpc) is 3.17. The fraction of sp³-hybridized carbons (Fsp3) is 0. The van der Waals surface area contributed by atoms with Crippen molar-refractivity contribution in [2.75, 3.05) is 0 Å². The monoisotopic (exact) mass is 302 g/mol. The molecule has 0 aliphatic heterocycles. The lowest BCUT2D eigenvalue weighted by atomic mass is 10.0. The molecule has 4 aromatic carbocycles. The highest BCUT2D eigenvalue weighted by molar-refractivity contribution is 5.89. The zero-order valence-corrected chi connectivity index (χ0v) is 13.1. The quantitative estimate of drug-likeness (QED) is 0.401. The Morgan fingerprint density at radius 1 is 0.500 bits per heavy atom. The van der Waals surface area contributed by atoms with E-state index in [-0.39, 0.29) is 0 Å². The third-order valence-corrected chi connectivity index (χ3v) is 5.33. The minimum absolute atomic E-state index is 1.32. The van der Waals surface area contributed by atoms with Crippen molar-refractivity contribution in [3.63, 3.8) is 0 Å². The van der Waals surface area contributed by atoms with Crippen LogP contribution in [0.5, 0.6) is 0 Å². The molecule has 0 radical (unpaired) electrons. The Kier molecular flexibility index (Phi) is 2.18. The maximum atomic E-state index is 2.39. The SMILES string of the molecule is C1=c2ccccc2=c2cc3c4c(ccc3cc21)C=c1ccccc1=4. The molecule has 0 nitrogen and oxygen atoms in total. The number of benzene rings is 4. The molecule has 0 spiro atoms. The summed E-state index contributed by atoms with van der Waals surface area (Å²) in [6.45, 7) is 0. The summed E-state index contributed by atoms with van der Waals surface area (Å²) in [6, 6.07) is 26.6. The van der Waals surface area contributed by atoms with Gasteiger partial charge in [0.05, 0.1) is 0 Å². The van der Waals surface area contributed by atoms with E-state index in [4.69, 9.17) is 0 Å². The van der Waals surface area contributed by atoms with Crippen molar-refractivity contribution in [2.24, 2.45) is 0 Å². The van der Waals surface area contributed by atoms with Gasteiger partial charge >= 0.3 is 0 Å². The van der Waals surface area contributed by atoms with E-state index in [1.54, 1.807) is 0 Å². The standard InChI is InChI=1S/C24H14/c1-3-7-20-15(5-1)12-19-13-17-9-10-18-11-16-6-2-4-8-21(16)24(18)23(17)14-22(19)20/h1-14H. The van der Waals surface area contributed by atoms with Gasteiger partial charge in [0.15, 0.2) is 0 Å². The van der Waals surface area contributed by atoms with E-state index in [2.05, 4.69) is 84.9 Å². The molecule has 0 atom stereocenters. The van der Waals surface area contributed by atoms with Crippen LogP contribution in [0.3, 0.4) is 0 Å². The zero-order valence-electron chi connectivity index (χ0n) is 13.1. The van der Waals surface area contributed by atoms with Gasteiger partial charge in [-0.25, -0.2) is 0 Å². The highest BCUT2D eigenvalue weighted by Gasteiger charge is 2.09. The van der Waals surface area contributed by atoms with Gasteiger partial charge in [-0.3, -0.25) is 0 Å². The van der Waals surface area contributed by atoms with E-state index in [1.165, 1.54) is 53.2 Å². The van der Waals surface area contributed by atoms with E-state index >= 15 is 0 Å². The lowest BCUT2D eigenvalue weighted by Gasteiger charge is -2.03. The van der Waals surface area contributed by atoms with Crippen LogP contribution >= 0.6 is 0 Å². The Hall–Kier alpha value is -3.12. The molecule has 0 saturated heterocycles. The van der Waals surface area contributed by atoms with Crippen LogP contribution in [0.25, 0.3) is 22.9 Å². The molecule has 0 saturated carbocycles. The number of rotatable bonds is 0. The molecule has 24 heavy (non-hydrogen) atoms. The topological polar surface area (TPSA) is 0 Å². The van der Waals surface area contributed by atoms with Crippen molar-refractivity contribution in [3.05, 3.63) is 115 Å². The summed E-state index contributed by atoms with van der Waals surface area (Å²) < 4.78 is 0. The molecule has 6 rings (SSSR count). The third kappa shape index (κ3) is 1.48. The van der Waals surface area contributed by atoms with Crippen LogP contribution in [-0.2, 0) is 0 Å². The first-order valence-electron chi connectivity index (χ1n) is 8.37. The van der Waals surface area contributed by atoms with Gasteiger partial charge in [0.25, 0.3) is 0 Å². The molecule has 0 heterocycles. The normalized spacial score (nSPS) is 12.8. The maximum Gasteiger partial charge on any atom is -0.00264 e. The molecule has 2 aliphatic carbocycles. The summed E-state index contributed by atoms with van der Waals surface area (Å²) in [5.74, 6) is 0. The fourth-order valence-electron chi connectivity index (χ4n) is 4.23. The lowest BCUT2D eigenvalue weighted by molar-refractivity contribution is 1.48. The highest BCUT2D eigenvalue weighted by atomic mass is 14.1. The van der Waals surface area contributed by atoms with Gasteiger partial charge < -0.3 is 0 Å². The van der Waals surface area contributed by atoms with Crippen LogP contribution in [0.2, 0.25) is 0 Å². The van der Waals surface area contributed by atoms with Crippen molar-refractivity contribution in [1.82, 2.24) is 0 Å². The minimum Gasteiger partial charge on any atom is -0.0616 e. The van der Waals surface area contributed by atoms with Gasteiger partial charge in [-0.1, -0.05) is 60.7 Å². The zero-order chi connectivity index (χ0) is 15.7. The first kappa shape index (κ1) is 12.3. The smallest absolute Gasteiger partial charge is 0.00264 e. The molecule has 0 aromatic heterocycles. The number of hydrogen-bond acceptors (Lipinski definition) is 0. The van der Waals surface area contributed by atoms with Crippen LogP contribution < -0.4 is 10.4 Å². The Morgan fingerprint density at radius 2 is 1.21 bits per heavy atom. The Labute approximate surface area is 138 Å². The second-order valence-corrected chi connectivity index (χ2v) is 6.65. The predicted octanol–water partition coefficient (Wildman–Crippen LogP) is 3.70. The number of fused-ring (bicyclic) bond motifs is 6. The maximum absolute atomic E-state index is 2.39. The van der Waals surface area contributed by atoms with Crippen molar-refractivity contribution in [1.29, 1.82) is 0 Å². The van der Waals surface area contributed by atoms with E-state index in [9.17, 15) is 0 Å². The van der Waals surface area contributed by atoms with Gasteiger partial charge in [-0.05, 0) is 77.5 Å². The van der Waals surface area contributed by atoms with Crippen LogP contribution in [0.15, 0.2) is 72.8 Å². The molecule has 110 valence electrons. The largest absolute Gasteiger partial charge is 0.0616 e. The van der Waals surface area contributed by atoms with Crippen molar-refractivity contribution >= 4 is 22.9 Å². The second-order valence-electron chi connectivity index (χ2n) is 6.65. The number of hydrogen-bond donors (Lipinski definition) is 0. The highest BCUT2D eigenvalue weighted by Crippen LogP contribution is 2.25. The molecule has 0 heteroatoms. The molecule has 4 aromatic rings. The Bertz CT molecular complexity index is 1490. The molecule has 0 bridgehead atoms. The molecule has 2 aliphatic rings. The van der Waals surface area contributed by atoms with E-state index < -0.39 is 0 Å². The summed E-state index contributed by atoms with van der Waals surface area (Å²) in [5, 5.41) is 10.8. The Balaban J connectivity index is 1.94. The third-order valence-electron chi connectivity index (χ3n) is 5.33. The van der Waals surface area contributed by atoms with Gasteiger partial charge in [0.2, 0.25) is 0 Å². The fourth-order valence-corrected chi connectivity index (χ4v) is 4.23. The minimum atomic E-state index is 1.32. The second kappa shape index (κ2) is 4.24. The molecule has 0 N–H and O–H groups in total. The van der Waals surface area contributed by atoms with Gasteiger partial charge in [0, 0.05) is 0 Å². The lowest BCUT2D eigenvalue weighted by Crippen LogP contribution is -1.97.